The first-order valence-electron chi connectivity index (χ1n) is 18.1. The van der Waals surface area contributed by atoms with Crippen molar-refractivity contribution in [3.8, 4) is 5.69 Å². The van der Waals surface area contributed by atoms with Gasteiger partial charge in [0.1, 0.15) is 0 Å². The summed E-state index contributed by atoms with van der Waals surface area (Å²) in [5.74, 6) is 0. The normalized spacial score (nSPS) is 14.0. The lowest BCUT2D eigenvalue weighted by atomic mass is 9.74. The SMILES string of the molecule is CC(C)(C1=CCC=C(n2c3ccccc3c3ccccc32)C=C1)c1ccc(C(C)(C)c2ccc(-n3c4ccccc4c4ccccc43)cc2)cc1. The second-order valence-corrected chi connectivity index (χ2v) is 15.0. The van der Waals surface area contributed by atoms with E-state index in [0.717, 1.165) is 6.42 Å². The van der Waals surface area contributed by atoms with Crippen LogP contribution in [0.15, 0.2) is 175 Å². The van der Waals surface area contributed by atoms with Gasteiger partial charge in [-0.05, 0) is 71.2 Å². The Labute approximate surface area is 300 Å². The molecular weight excluding hydrogens is 617 g/mol. The molecule has 51 heavy (non-hydrogen) atoms. The zero-order valence-electron chi connectivity index (χ0n) is 29.8. The fourth-order valence-corrected chi connectivity index (χ4v) is 8.31. The molecule has 1 aliphatic carbocycles. The van der Waals surface area contributed by atoms with Crippen LogP contribution in [-0.2, 0) is 10.8 Å². The fourth-order valence-electron chi connectivity index (χ4n) is 8.31. The van der Waals surface area contributed by atoms with Crippen LogP contribution in [0.25, 0.3) is 55.0 Å². The lowest BCUT2D eigenvalue weighted by Gasteiger charge is -2.30. The lowest BCUT2D eigenvalue weighted by Crippen LogP contribution is -2.22. The zero-order valence-corrected chi connectivity index (χ0v) is 29.8. The summed E-state index contributed by atoms with van der Waals surface area (Å²) in [6, 6.07) is 53.4. The first-order valence-corrected chi connectivity index (χ1v) is 18.1. The molecule has 2 nitrogen and oxygen atoms in total. The van der Waals surface area contributed by atoms with Crippen LogP contribution >= 0.6 is 0 Å². The molecule has 0 atom stereocenters. The number of allylic oxidation sites excluding steroid dienone is 6. The van der Waals surface area contributed by atoms with E-state index in [9.17, 15) is 0 Å². The summed E-state index contributed by atoms with van der Waals surface area (Å²) in [4.78, 5) is 0. The van der Waals surface area contributed by atoms with Gasteiger partial charge < -0.3 is 9.13 Å². The minimum absolute atomic E-state index is 0.146. The van der Waals surface area contributed by atoms with Crippen LogP contribution < -0.4 is 0 Å². The number of fused-ring (bicyclic) bond motifs is 6. The lowest BCUT2D eigenvalue weighted by molar-refractivity contribution is 0.624. The second kappa shape index (κ2) is 11.9. The summed E-state index contributed by atoms with van der Waals surface area (Å²) in [6.45, 7) is 9.37. The van der Waals surface area contributed by atoms with Gasteiger partial charge in [-0.15, -0.1) is 0 Å². The molecule has 9 rings (SSSR count). The summed E-state index contributed by atoms with van der Waals surface area (Å²) in [6.07, 6.45) is 10.3. The van der Waals surface area contributed by atoms with E-state index in [0.29, 0.717) is 0 Å². The van der Waals surface area contributed by atoms with Crippen LogP contribution in [0, 0.1) is 0 Å². The van der Waals surface area contributed by atoms with Crippen LogP contribution in [0.2, 0.25) is 0 Å². The van der Waals surface area contributed by atoms with Gasteiger partial charge in [-0.3, -0.25) is 0 Å². The largest absolute Gasteiger partial charge is 0.310 e. The van der Waals surface area contributed by atoms with E-state index < -0.39 is 0 Å². The number of rotatable bonds is 6. The van der Waals surface area contributed by atoms with Crippen molar-refractivity contribution in [1.29, 1.82) is 0 Å². The molecule has 2 aromatic heterocycles. The Balaban J connectivity index is 0.982. The average molecular weight is 659 g/mol. The van der Waals surface area contributed by atoms with E-state index in [-0.39, 0.29) is 10.8 Å². The molecule has 0 radical (unpaired) electrons. The van der Waals surface area contributed by atoms with Gasteiger partial charge in [-0.2, -0.15) is 0 Å². The molecule has 0 unspecified atom stereocenters. The highest BCUT2D eigenvalue weighted by atomic mass is 15.0. The molecule has 0 amide bonds. The maximum absolute atomic E-state index is 2.41. The molecule has 0 saturated heterocycles. The molecule has 1 aliphatic rings. The summed E-state index contributed by atoms with van der Waals surface area (Å²) in [7, 11) is 0. The van der Waals surface area contributed by atoms with Gasteiger partial charge in [0.05, 0.1) is 22.1 Å². The quantitative estimate of drug-likeness (QED) is 0.168. The van der Waals surface area contributed by atoms with Crippen molar-refractivity contribution in [2.75, 3.05) is 0 Å². The van der Waals surface area contributed by atoms with E-state index in [1.165, 1.54) is 77.3 Å². The Kier molecular flexibility index (Phi) is 7.26. The van der Waals surface area contributed by atoms with E-state index in [4.69, 9.17) is 0 Å². The zero-order chi connectivity index (χ0) is 34.7. The molecule has 2 heteroatoms. The summed E-state index contributed by atoms with van der Waals surface area (Å²) in [5.41, 5.74) is 12.3. The fraction of sp³-hybridized carbons (Fsp3) is 0.143. The maximum Gasteiger partial charge on any atom is 0.0541 e. The smallest absolute Gasteiger partial charge is 0.0541 e. The highest BCUT2D eigenvalue weighted by Crippen LogP contribution is 2.39. The van der Waals surface area contributed by atoms with Crippen molar-refractivity contribution in [1.82, 2.24) is 9.13 Å². The Morgan fingerprint density at radius 1 is 0.392 bits per heavy atom. The van der Waals surface area contributed by atoms with Crippen molar-refractivity contribution in [3.63, 3.8) is 0 Å². The van der Waals surface area contributed by atoms with Crippen LogP contribution in [0.4, 0.5) is 0 Å². The maximum atomic E-state index is 2.41. The molecular formula is C49H42N2. The Bertz CT molecular complexity index is 2580. The first kappa shape index (κ1) is 31.1. The van der Waals surface area contributed by atoms with Gasteiger partial charge in [0.25, 0.3) is 0 Å². The minimum Gasteiger partial charge on any atom is -0.310 e. The number of para-hydroxylation sites is 4. The Morgan fingerprint density at radius 3 is 1.25 bits per heavy atom. The van der Waals surface area contributed by atoms with Crippen molar-refractivity contribution in [3.05, 3.63) is 192 Å². The summed E-state index contributed by atoms with van der Waals surface area (Å²) >= 11 is 0. The van der Waals surface area contributed by atoms with Crippen LogP contribution in [0.1, 0.15) is 50.8 Å². The third-order valence-corrected chi connectivity index (χ3v) is 11.4. The van der Waals surface area contributed by atoms with Gasteiger partial charge in [0.15, 0.2) is 0 Å². The molecule has 0 saturated carbocycles. The van der Waals surface area contributed by atoms with E-state index in [1.54, 1.807) is 0 Å². The monoisotopic (exact) mass is 658 g/mol. The number of hydrogen-bond acceptors (Lipinski definition) is 0. The van der Waals surface area contributed by atoms with Gasteiger partial charge in [0.2, 0.25) is 0 Å². The van der Waals surface area contributed by atoms with Crippen molar-refractivity contribution in [2.45, 2.75) is 44.9 Å². The Morgan fingerprint density at radius 2 is 0.784 bits per heavy atom. The molecule has 0 N–H and O–H groups in total. The van der Waals surface area contributed by atoms with Crippen LogP contribution in [-0.4, -0.2) is 9.13 Å². The van der Waals surface area contributed by atoms with Gasteiger partial charge >= 0.3 is 0 Å². The molecule has 0 bridgehead atoms. The minimum atomic E-state index is -0.148. The van der Waals surface area contributed by atoms with E-state index >= 15 is 0 Å². The molecule has 6 aromatic carbocycles. The predicted molar refractivity (Wildman–Crippen MR) is 218 cm³/mol. The average Bonchev–Trinajstić information content (AvgIpc) is 3.56. The number of nitrogens with zero attached hydrogens (tertiary/aromatic N) is 2. The molecule has 8 aromatic rings. The van der Waals surface area contributed by atoms with Crippen LogP contribution in [0.3, 0.4) is 0 Å². The van der Waals surface area contributed by atoms with E-state index in [2.05, 4.69) is 207 Å². The van der Waals surface area contributed by atoms with E-state index in [1.807, 2.05) is 0 Å². The van der Waals surface area contributed by atoms with Crippen molar-refractivity contribution >= 4 is 49.3 Å². The molecule has 248 valence electrons. The standard InChI is InChI=1S/C49H42N2/c1-48(2,34-14-13-15-38(31-28-34)50-44-20-9-5-16-40(44)41-17-6-10-21-45(41)50)35-24-26-36(27-25-35)49(3,4)37-29-32-39(33-30-37)51-46-22-11-7-18-42(46)43-19-8-12-23-47(43)51/h5-12,14-33H,13H2,1-4H3. The van der Waals surface area contributed by atoms with Gasteiger partial charge in [0, 0.05) is 43.8 Å². The molecule has 0 fully saturated rings. The number of hydrogen-bond donors (Lipinski definition) is 0. The predicted octanol–water partition coefficient (Wildman–Crippen LogP) is 12.9. The highest BCUT2D eigenvalue weighted by molar-refractivity contribution is 6.11. The third-order valence-electron chi connectivity index (χ3n) is 11.4. The number of benzene rings is 6. The summed E-state index contributed by atoms with van der Waals surface area (Å²) < 4.78 is 4.80. The molecule has 0 spiro atoms. The van der Waals surface area contributed by atoms with Crippen LogP contribution in [0.5, 0.6) is 0 Å². The van der Waals surface area contributed by atoms with Gasteiger partial charge in [-0.25, -0.2) is 0 Å². The topological polar surface area (TPSA) is 9.86 Å². The summed E-state index contributed by atoms with van der Waals surface area (Å²) in [5, 5.41) is 5.16. The second-order valence-electron chi connectivity index (χ2n) is 15.0. The highest BCUT2D eigenvalue weighted by Gasteiger charge is 2.28. The molecule has 2 heterocycles. The number of aromatic nitrogens is 2. The Hall–Kier alpha value is -5.86. The third kappa shape index (κ3) is 5.01. The van der Waals surface area contributed by atoms with Gasteiger partial charge in [-0.1, -0.05) is 155 Å². The molecule has 0 aliphatic heterocycles. The van der Waals surface area contributed by atoms with Crippen molar-refractivity contribution < 1.29 is 0 Å². The van der Waals surface area contributed by atoms with Crippen molar-refractivity contribution in [2.24, 2.45) is 0 Å². The first-order chi connectivity index (χ1) is 24.8.